The summed E-state index contributed by atoms with van der Waals surface area (Å²) >= 11 is 0. The van der Waals surface area contributed by atoms with E-state index in [1.807, 2.05) is 12.1 Å². The smallest absolute Gasteiger partial charge is 0.416 e. The molecule has 0 spiro atoms. The number of pyridine rings is 1. The number of hydrogen-bond acceptors (Lipinski definition) is 6. The summed E-state index contributed by atoms with van der Waals surface area (Å²) in [6.07, 6.45) is 3.75. The lowest BCUT2D eigenvalue weighted by Gasteiger charge is -2.32. The van der Waals surface area contributed by atoms with Gasteiger partial charge in [0.05, 0.1) is 5.56 Å². The third kappa shape index (κ3) is 5.94. The molecule has 1 aromatic carbocycles. The van der Waals surface area contributed by atoms with Gasteiger partial charge in [-0.05, 0) is 36.6 Å². The van der Waals surface area contributed by atoms with Crippen molar-refractivity contribution in [1.29, 1.82) is 0 Å². The van der Waals surface area contributed by atoms with Crippen LogP contribution in [0.4, 0.5) is 13.2 Å². The molecule has 0 aliphatic carbocycles. The molecule has 4 rings (SSSR count). The zero-order chi connectivity index (χ0) is 22.4. The molecule has 0 radical (unpaired) electrons. The molecule has 9 heteroatoms. The van der Waals surface area contributed by atoms with E-state index in [9.17, 15) is 13.2 Å². The summed E-state index contributed by atoms with van der Waals surface area (Å²) in [5.41, 5.74) is 1.15. The average molecular weight is 444 g/mol. The molecule has 0 unspecified atom stereocenters. The molecule has 0 bridgehead atoms. The van der Waals surface area contributed by atoms with Gasteiger partial charge in [-0.15, -0.1) is 0 Å². The van der Waals surface area contributed by atoms with E-state index in [1.54, 1.807) is 24.8 Å². The fraction of sp³-hybridized carbons (Fsp3) is 0.348. The lowest BCUT2D eigenvalue weighted by Crippen LogP contribution is -2.38. The summed E-state index contributed by atoms with van der Waals surface area (Å²) in [5.74, 6) is 0.695. The highest BCUT2D eigenvalue weighted by Crippen LogP contribution is 2.30. The Balaban J connectivity index is 1.28. The number of alkyl halides is 3. The number of hydrogen-bond donors (Lipinski definition) is 0. The zero-order valence-electron chi connectivity index (χ0n) is 17.3. The van der Waals surface area contributed by atoms with Crippen LogP contribution in [0.5, 0.6) is 11.8 Å². The first-order chi connectivity index (χ1) is 15.5. The van der Waals surface area contributed by atoms with Gasteiger partial charge in [-0.3, -0.25) is 9.88 Å². The van der Waals surface area contributed by atoms with E-state index in [2.05, 4.69) is 19.9 Å². The van der Waals surface area contributed by atoms with Crippen LogP contribution in [0.3, 0.4) is 0 Å². The van der Waals surface area contributed by atoms with Crippen LogP contribution in [0.15, 0.2) is 61.2 Å². The maximum atomic E-state index is 12.7. The molecule has 0 N–H and O–H groups in total. The Labute approximate surface area is 184 Å². The first kappa shape index (κ1) is 22.0. The largest absolute Gasteiger partial charge is 0.470 e. The number of ether oxygens (including phenoxy) is 2. The van der Waals surface area contributed by atoms with Gasteiger partial charge in [0.15, 0.2) is 0 Å². The van der Waals surface area contributed by atoms with Crippen molar-refractivity contribution >= 4 is 0 Å². The Morgan fingerprint density at radius 3 is 2.28 bits per heavy atom. The Morgan fingerprint density at radius 1 is 0.906 bits per heavy atom. The minimum Gasteiger partial charge on any atom is -0.470 e. The predicted molar refractivity (Wildman–Crippen MR) is 111 cm³/mol. The van der Waals surface area contributed by atoms with Crippen molar-refractivity contribution in [2.75, 3.05) is 13.1 Å². The van der Waals surface area contributed by atoms with Crippen LogP contribution in [-0.2, 0) is 19.3 Å². The molecule has 0 atom stereocenters. The Kier molecular flexibility index (Phi) is 6.84. The van der Waals surface area contributed by atoms with Crippen LogP contribution in [-0.4, -0.2) is 39.0 Å². The second-order valence-corrected chi connectivity index (χ2v) is 7.60. The van der Waals surface area contributed by atoms with Gasteiger partial charge in [-0.25, -0.2) is 9.97 Å². The van der Waals surface area contributed by atoms with Crippen molar-refractivity contribution in [3.05, 3.63) is 77.9 Å². The number of piperidine rings is 1. The predicted octanol–water partition coefficient (Wildman–Crippen LogP) is 4.51. The van der Waals surface area contributed by atoms with E-state index < -0.39 is 11.7 Å². The molecule has 1 aliphatic heterocycles. The van der Waals surface area contributed by atoms with E-state index in [0.717, 1.165) is 49.2 Å². The van der Waals surface area contributed by atoms with Crippen LogP contribution in [0.1, 0.15) is 29.5 Å². The highest BCUT2D eigenvalue weighted by Gasteiger charge is 2.30. The molecule has 1 saturated heterocycles. The number of nitrogens with zero attached hydrogens (tertiary/aromatic N) is 4. The van der Waals surface area contributed by atoms with Crippen LogP contribution >= 0.6 is 0 Å². The van der Waals surface area contributed by atoms with Gasteiger partial charge >= 0.3 is 6.18 Å². The fourth-order valence-electron chi connectivity index (χ4n) is 3.53. The van der Waals surface area contributed by atoms with Crippen molar-refractivity contribution in [2.24, 2.45) is 0 Å². The molecule has 1 aliphatic rings. The van der Waals surface area contributed by atoms with Crippen LogP contribution < -0.4 is 9.47 Å². The van der Waals surface area contributed by atoms with E-state index >= 15 is 0 Å². The number of aromatic nitrogens is 3. The normalized spacial score (nSPS) is 15.5. The number of rotatable bonds is 7. The fourth-order valence-corrected chi connectivity index (χ4v) is 3.53. The van der Waals surface area contributed by atoms with Crippen molar-refractivity contribution in [2.45, 2.75) is 38.3 Å². The molecule has 2 aromatic heterocycles. The maximum absolute atomic E-state index is 12.7. The summed E-state index contributed by atoms with van der Waals surface area (Å²) < 4.78 is 50.0. The molecular formula is C23H23F3N4O2. The van der Waals surface area contributed by atoms with Crippen molar-refractivity contribution < 1.29 is 22.6 Å². The molecule has 1 fully saturated rings. The topological polar surface area (TPSA) is 60.4 Å². The van der Waals surface area contributed by atoms with E-state index in [4.69, 9.17) is 9.47 Å². The van der Waals surface area contributed by atoms with Gasteiger partial charge in [0.2, 0.25) is 0 Å². The maximum Gasteiger partial charge on any atom is 0.416 e. The molecule has 3 heterocycles. The quantitative estimate of drug-likeness (QED) is 0.534. The highest BCUT2D eigenvalue weighted by molar-refractivity contribution is 5.26. The molecule has 0 saturated carbocycles. The first-order valence-electron chi connectivity index (χ1n) is 10.4. The van der Waals surface area contributed by atoms with Crippen molar-refractivity contribution in [3.8, 4) is 11.8 Å². The van der Waals surface area contributed by atoms with Gasteiger partial charge in [-0.2, -0.15) is 13.2 Å². The highest BCUT2D eigenvalue weighted by atomic mass is 19.4. The second-order valence-electron chi connectivity index (χ2n) is 7.60. The third-order valence-corrected chi connectivity index (χ3v) is 5.23. The van der Waals surface area contributed by atoms with Crippen molar-refractivity contribution in [1.82, 2.24) is 19.9 Å². The molecular weight excluding hydrogens is 421 g/mol. The minimum atomic E-state index is -4.31. The monoisotopic (exact) mass is 444 g/mol. The summed E-state index contributed by atoms with van der Waals surface area (Å²) in [4.78, 5) is 14.8. The van der Waals surface area contributed by atoms with Gasteiger partial charge in [-0.1, -0.05) is 18.2 Å². The standard InChI is InChI=1S/C23H23F3N4O2/c24-23(25,26)19-5-3-17(4-6-19)15-30-12-7-20(8-13-30)32-22-21(28-10-11-29-22)31-16-18-2-1-9-27-14-18/h1-6,9-11,14,20H,7-8,12-13,15-16H2. The molecule has 32 heavy (non-hydrogen) atoms. The SMILES string of the molecule is FC(F)(F)c1ccc(CN2CCC(Oc3nccnc3OCc3cccnc3)CC2)cc1. The van der Waals surface area contributed by atoms with Gasteiger partial charge in [0, 0.05) is 50.0 Å². The van der Waals surface area contributed by atoms with Gasteiger partial charge in [0.25, 0.3) is 11.8 Å². The van der Waals surface area contributed by atoms with E-state index in [-0.39, 0.29) is 6.10 Å². The summed E-state index contributed by atoms with van der Waals surface area (Å²) in [5, 5.41) is 0. The summed E-state index contributed by atoms with van der Waals surface area (Å²) in [7, 11) is 0. The molecule has 3 aromatic rings. The minimum absolute atomic E-state index is 0.0312. The molecule has 0 amide bonds. The zero-order valence-corrected chi connectivity index (χ0v) is 17.3. The Hall–Kier alpha value is -3.20. The third-order valence-electron chi connectivity index (χ3n) is 5.23. The lowest BCUT2D eigenvalue weighted by molar-refractivity contribution is -0.137. The Morgan fingerprint density at radius 2 is 1.62 bits per heavy atom. The number of likely N-dealkylation sites (tertiary alicyclic amines) is 1. The van der Waals surface area contributed by atoms with E-state index in [1.165, 1.54) is 12.1 Å². The average Bonchev–Trinajstić information content (AvgIpc) is 2.80. The van der Waals surface area contributed by atoms with Gasteiger partial charge in [0.1, 0.15) is 12.7 Å². The number of benzene rings is 1. The second kappa shape index (κ2) is 9.95. The van der Waals surface area contributed by atoms with E-state index in [0.29, 0.717) is 24.9 Å². The van der Waals surface area contributed by atoms with Crippen LogP contribution in [0.25, 0.3) is 0 Å². The van der Waals surface area contributed by atoms with Crippen LogP contribution in [0, 0.1) is 0 Å². The van der Waals surface area contributed by atoms with Gasteiger partial charge < -0.3 is 9.47 Å². The molecule has 168 valence electrons. The first-order valence-corrected chi connectivity index (χ1v) is 10.4. The summed E-state index contributed by atoms with van der Waals surface area (Å²) in [6, 6.07) is 9.09. The Bertz CT molecular complexity index is 992. The summed E-state index contributed by atoms with van der Waals surface area (Å²) in [6.45, 7) is 2.47. The van der Waals surface area contributed by atoms with Crippen LogP contribution in [0.2, 0.25) is 0 Å². The van der Waals surface area contributed by atoms with Crippen molar-refractivity contribution in [3.63, 3.8) is 0 Å². The number of halogens is 3. The molecule has 6 nitrogen and oxygen atoms in total. The lowest BCUT2D eigenvalue weighted by atomic mass is 10.1.